The van der Waals surface area contributed by atoms with Crippen LogP contribution >= 0.6 is 0 Å². The van der Waals surface area contributed by atoms with Crippen molar-refractivity contribution >= 4 is 17.5 Å². The molecule has 1 aromatic heterocycles. The minimum absolute atomic E-state index is 0.150. The van der Waals surface area contributed by atoms with E-state index < -0.39 is 0 Å². The van der Waals surface area contributed by atoms with E-state index in [1.165, 1.54) is 0 Å². The number of anilines is 1. The Morgan fingerprint density at radius 1 is 0.885 bits per heavy atom. The number of hydrogen-bond acceptors (Lipinski definition) is 3. The van der Waals surface area contributed by atoms with Gasteiger partial charge in [0.15, 0.2) is 0 Å². The van der Waals surface area contributed by atoms with E-state index in [9.17, 15) is 9.59 Å². The van der Waals surface area contributed by atoms with E-state index in [0.717, 1.165) is 11.3 Å². The summed E-state index contributed by atoms with van der Waals surface area (Å²) in [4.78, 5) is 28.5. The van der Waals surface area contributed by atoms with Crippen molar-refractivity contribution in [1.82, 2.24) is 10.3 Å². The first kappa shape index (κ1) is 17.4. The summed E-state index contributed by atoms with van der Waals surface area (Å²) in [7, 11) is 0. The molecule has 2 amide bonds. The van der Waals surface area contributed by atoms with Crippen molar-refractivity contribution in [2.75, 3.05) is 11.9 Å². The lowest BCUT2D eigenvalue weighted by Gasteiger charge is -2.08. The van der Waals surface area contributed by atoms with Crippen molar-refractivity contribution in [2.45, 2.75) is 6.92 Å². The van der Waals surface area contributed by atoms with Crippen LogP contribution in [0.2, 0.25) is 0 Å². The molecule has 0 saturated carbocycles. The number of pyridine rings is 1. The Hall–Kier alpha value is -3.47. The van der Waals surface area contributed by atoms with Gasteiger partial charge in [-0.1, -0.05) is 18.2 Å². The van der Waals surface area contributed by atoms with Crippen LogP contribution in [-0.4, -0.2) is 23.3 Å². The molecule has 0 aliphatic carbocycles. The number of amides is 2. The Kier molecular flexibility index (Phi) is 5.39. The Morgan fingerprint density at radius 3 is 2.27 bits per heavy atom. The normalized spacial score (nSPS) is 10.2. The highest BCUT2D eigenvalue weighted by molar-refractivity contribution is 6.05. The molecule has 3 rings (SSSR count). The number of benzene rings is 2. The first-order chi connectivity index (χ1) is 12.7. The van der Waals surface area contributed by atoms with E-state index in [-0.39, 0.29) is 11.8 Å². The topological polar surface area (TPSA) is 71.1 Å². The second-order valence-corrected chi connectivity index (χ2v) is 5.69. The van der Waals surface area contributed by atoms with Gasteiger partial charge in [-0.05, 0) is 55.5 Å². The second kappa shape index (κ2) is 8.07. The van der Waals surface area contributed by atoms with Crippen LogP contribution in [0.1, 0.15) is 27.6 Å². The van der Waals surface area contributed by atoms with Crippen molar-refractivity contribution < 1.29 is 9.59 Å². The number of hydrogen-bond donors (Lipinski definition) is 2. The second-order valence-electron chi connectivity index (χ2n) is 5.69. The molecule has 2 aromatic carbocycles. The summed E-state index contributed by atoms with van der Waals surface area (Å²) < 4.78 is 0. The summed E-state index contributed by atoms with van der Waals surface area (Å²) in [6.45, 7) is 2.42. The third-order valence-electron chi connectivity index (χ3n) is 3.83. The SMILES string of the molecule is CCNC(=O)c1ccc(C(=O)Nc2cccc(-c3ccccn3)c2)cc1. The average molecular weight is 345 g/mol. The van der Waals surface area contributed by atoms with Gasteiger partial charge in [0.05, 0.1) is 5.69 Å². The first-order valence-electron chi connectivity index (χ1n) is 8.38. The molecule has 1 heterocycles. The minimum Gasteiger partial charge on any atom is -0.352 e. The van der Waals surface area contributed by atoms with Crippen LogP contribution < -0.4 is 10.6 Å². The fourth-order valence-electron chi connectivity index (χ4n) is 2.53. The third kappa shape index (κ3) is 4.13. The fraction of sp³-hybridized carbons (Fsp3) is 0.0952. The Morgan fingerprint density at radius 2 is 1.62 bits per heavy atom. The predicted molar refractivity (Wildman–Crippen MR) is 102 cm³/mol. The third-order valence-corrected chi connectivity index (χ3v) is 3.83. The maximum absolute atomic E-state index is 12.4. The Labute approximate surface area is 152 Å². The lowest BCUT2D eigenvalue weighted by atomic mass is 10.1. The van der Waals surface area contributed by atoms with Crippen LogP contribution in [0.15, 0.2) is 72.9 Å². The van der Waals surface area contributed by atoms with E-state index >= 15 is 0 Å². The molecule has 26 heavy (non-hydrogen) atoms. The molecule has 0 fully saturated rings. The molecule has 0 spiro atoms. The van der Waals surface area contributed by atoms with Crippen molar-refractivity contribution in [2.24, 2.45) is 0 Å². The molecule has 0 bridgehead atoms. The zero-order chi connectivity index (χ0) is 18.4. The molecule has 5 nitrogen and oxygen atoms in total. The van der Waals surface area contributed by atoms with Gasteiger partial charge in [0.1, 0.15) is 0 Å². The lowest BCUT2D eigenvalue weighted by Crippen LogP contribution is -2.22. The smallest absolute Gasteiger partial charge is 0.255 e. The molecular formula is C21H19N3O2. The standard InChI is InChI=1S/C21H19N3O2/c1-2-22-20(25)15-9-11-16(12-10-15)21(26)24-18-7-5-6-17(14-18)19-8-3-4-13-23-19/h3-14H,2H2,1H3,(H,22,25)(H,24,26). The minimum atomic E-state index is -0.231. The van der Waals surface area contributed by atoms with Gasteiger partial charge in [-0.2, -0.15) is 0 Å². The highest BCUT2D eigenvalue weighted by Crippen LogP contribution is 2.21. The van der Waals surface area contributed by atoms with Crippen LogP contribution in [-0.2, 0) is 0 Å². The molecule has 0 unspecified atom stereocenters. The number of nitrogens with one attached hydrogen (secondary N) is 2. The van der Waals surface area contributed by atoms with E-state index in [2.05, 4.69) is 15.6 Å². The van der Waals surface area contributed by atoms with Gasteiger partial charge in [0.2, 0.25) is 0 Å². The monoisotopic (exact) mass is 345 g/mol. The molecule has 0 saturated heterocycles. The van der Waals surface area contributed by atoms with Crippen molar-refractivity contribution in [1.29, 1.82) is 0 Å². The Bertz CT molecular complexity index is 906. The molecule has 0 aliphatic heterocycles. The zero-order valence-corrected chi connectivity index (χ0v) is 14.4. The molecular weight excluding hydrogens is 326 g/mol. The summed E-state index contributed by atoms with van der Waals surface area (Å²) >= 11 is 0. The summed E-state index contributed by atoms with van der Waals surface area (Å²) in [5.41, 5.74) is 3.47. The van der Waals surface area contributed by atoms with Gasteiger partial charge in [0, 0.05) is 35.1 Å². The number of aromatic nitrogens is 1. The van der Waals surface area contributed by atoms with Gasteiger partial charge in [-0.25, -0.2) is 0 Å². The van der Waals surface area contributed by atoms with Crippen LogP contribution in [0.5, 0.6) is 0 Å². The van der Waals surface area contributed by atoms with E-state index in [0.29, 0.717) is 23.4 Å². The lowest BCUT2D eigenvalue weighted by molar-refractivity contribution is 0.0954. The van der Waals surface area contributed by atoms with E-state index in [4.69, 9.17) is 0 Å². The zero-order valence-electron chi connectivity index (χ0n) is 14.4. The molecule has 0 radical (unpaired) electrons. The highest BCUT2D eigenvalue weighted by Gasteiger charge is 2.09. The molecule has 130 valence electrons. The Balaban J connectivity index is 1.73. The van der Waals surface area contributed by atoms with Crippen molar-refractivity contribution in [3.8, 4) is 11.3 Å². The quantitative estimate of drug-likeness (QED) is 0.740. The van der Waals surface area contributed by atoms with Crippen molar-refractivity contribution in [3.63, 3.8) is 0 Å². The number of rotatable bonds is 5. The van der Waals surface area contributed by atoms with Crippen LogP contribution in [0, 0.1) is 0 Å². The summed E-state index contributed by atoms with van der Waals surface area (Å²) in [5, 5.41) is 5.60. The van der Waals surface area contributed by atoms with Gasteiger partial charge in [-0.3, -0.25) is 14.6 Å². The number of nitrogens with zero attached hydrogens (tertiary/aromatic N) is 1. The molecule has 0 atom stereocenters. The van der Waals surface area contributed by atoms with Crippen LogP contribution in [0.3, 0.4) is 0 Å². The molecule has 2 N–H and O–H groups in total. The predicted octanol–water partition coefficient (Wildman–Crippen LogP) is 3.75. The van der Waals surface area contributed by atoms with E-state index in [1.54, 1.807) is 30.5 Å². The average Bonchev–Trinajstić information content (AvgIpc) is 2.69. The summed E-state index contributed by atoms with van der Waals surface area (Å²) in [6, 6.07) is 19.8. The van der Waals surface area contributed by atoms with Crippen molar-refractivity contribution in [3.05, 3.63) is 84.1 Å². The van der Waals surface area contributed by atoms with Gasteiger partial charge < -0.3 is 10.6 Å². The highest BCUT2D eigenvalue weighted by atomic mass is 16.2. The van der Waals surface area contributed by atoms with Gasteiger partial charge in [-0.15, -0.1) is 0 Å². The maximum Gasteiger partial charge on any atom is 0.255 e. The van der Waals surface area contributed by atoms with Gasteiger partial charge >= 0.3 is 0 Å². The van der Waals surface area contributed by atoms with Crippen LogP contribution in [0.25, 0.3) is 11.3 Å². The molecule has 5 heteroatoms. The number of carbonyl (C=O) groups is 2. The van der Waals surface area contributed by atoms with E-state index in [1.807, 2.05) is 49.4 Å². The summed E-state index contributed by atoms with van der Waals surface area (Å²) in [6.07, 6.45) is 1.73. The fourth-order valence-corrected chi connectivity index (χ4v) is 2.53. The molecule has 3 aromatic rings. The molecule has 0 aliphatic rings. The first-order valence-corrected chi connectivity index (χ1v) is 8.38. The summed E-state index contributed by atoms with van der Waals surface area (Å²) in [5.74, 6) is -0.381. The largest absolute Gasteiger partial charge is 0.352 e. The number of carbonyl (C=O) groups excluding carboxylic acids is 2. The van der Waals surface area contributed by atoms with Crippen LogP contribution in [0.4, 0.5) is 5.69 Å². The van der Waals surface area contributed by atoms with Gasteiger partial charge in [0.25, 0.3) is 11.8 Å². The maximum atomic E-state index is 12.4.